The highest BCUT2D eigenvalue weighted by Gasteiger charge is 2.21. The van der Waals surface area contributed by atoms with Gasteiger partial charge in [-0.3, -0.25) is 0 Å². The number of aryl methyl sites for hydroxylation is 3. The molecule has 1 N–H and O–H groups in total. The molecule has 158 valence electrons. The minimum atomic E-state index is -3.59. The monoisotopic (exact) mass is 494 g/mol. The Labute approximate surface area is 190 Å². The zero-order valence-corrected chi connectivity index (χ0v) is 20.0. The Bertz CT molecular complexity index is 1480. The number of H-pyrrole nitrogens is 1. The van der Waals surface area contributed by atoms with Crippen molar-refractivity contribution in [3.63, 3.8) is 0 Å². The highest BCUT2D eigenvalue weighted by Crippen LogP contribution is 2.31. The van der Waals surface area contributed by atoms with Crippen LogP contribution in [0.4, 0.5) is 0 Å². The predicted molar refractivity (Wildman–Crippen MR) is 131 cm³/mol. The van der Waals surface area contributed by atoms with Gasteiger partial charge in [-0.05, 0) is 78.2 Å². The van der Waals surface area contributed by atoms with Crippen LogP contribution < -0.4 is 0 Å². The van der Waals surface area contributed by atoms with Crippen molar-refractivity contribution >= 4 is 47.8 Å². The van der Waals surface area contributed by atoms with E-state index in [1.54, 1.807) is 30.5 Å². The third-order valence-corrected chi connectivity index (χ3v) is 7.64. The minimum absolute atomic E-state index is 0.291. The summed E-state index contributed by atoms with van der Waals surface area (Å²) in [6.45, 7) is 6.02. The molecule has 0 saturated carbocycles. The van der Waals surface area contributed by atoms with E-state index in [0.717, 1.165) is 21.0 Å². The fraction of sp³-hybridized carbons (Fsp3) is 0.120. The quantitative estimate of drug-likeness (QED) is 0.295. The third kappa shape index (κ3) is 4.05. The van der Waals surface area contributed by atoms with Crippen LogP contribution in [0, 0.1) is 20.8 Å². The van der Waals surface area contributed by atoms with Crippen LogP contribution in [0.15, 0.2) is 88.5 Å². The lowest BCUT2D eigenvalue weighted by Gasteiger charge is -2.08. The molecule has 5 aromatic rings. The van der Waals surface area contributed by atoms with E-state index in [1.807, 2.05) is 38.2 Å². The summed E-state index contributed by atoms with van der Waals surface area (Å²) in [5.74, 6) is 0. The molecule has 31 heavy (non-hydrogen) atoms. The number of halogens is 1. The van der Waals surface area contributed by atoms with Gasteiger partial charge in [0, 0.05) is 33.2 Å². The fourth-order valence-electron chi connectivity index (χ4n) is 3.65. The summed E-state index contributed by atoms with van der Waals surface area (Å²) in [7, 11) is -3.59. The van der Waals surface area contributed by atoms with Crippen LogP contribution in [0.2, 0.25) is 0 Å². The summed E-state index contributed by atoms with van der Waals surface area (Å²) in [5.41, 5.74) is 5.31. The van der Waals surface area contributed by atoms with E-state index in [1.165, 1.54) is 20.4 Å². The standard InChI is InChI=1S/C16H14BrNO2S.C9H9N/c1-11-6-8-13(9-7-11)21(19,20)18-10-14(17)16-12(2)4-3-5-15(16)18;1-7-3-2-4-9-8(7)5-6-10-9/h3-10H,1-2H3;2-6,10H,1H3. The second-order valence-corrected chi connectivity index (χ2v) is 10.2. The maximum Gasteiger partial charge on any atom is 0.268 e. The molecule has 0 radical (unpaired) electrons. The van der Waals surface area contributed by atoms with Gasteiger partial charge in [-0.1, -0.05) is 42.0 Å². The van der Waals surface area contributed by atoms with Gasteiger partial charge in [0.05, 0.1) is 10.4 Å². The summed E-state index contributed by atoms with van der Waals surface area (Å²) in [6, 6.07) is 20.9. The number of aromatic nitrogens is 2. The molecule has 0 unspecified atom stereocenters. The smallest absolute Gasteiger partial charge is 0.268 e. The Hall–Kier alpha value is -2.83. The molecule has 0 bridgehead atoms. The highest BCUT2D eigenvalue weighted by atomic mass is 79.9. The molecule has 6 heteroatoms. The molecule has 0 amide bonds. The first-order valence-electron chi connectivity index (χ1n) is 9.90. The van der Waals surface area contributed by atoms with E-state index >= 15 is 0 Å². The lowest BCUT2D eigenvalue weighted by Crippen LogP contribution is -2.11. The number of benzene rings is 3. The molecule has 0 spiro atoms. The number of fused-ring (bicyclic) bond motifs is 2. The van der Waals surface area contributed by atoms with Gasteiger partial charge in [-0.25, -0.2) is 12.4 Å². The molecule has 0 atom stereocenters. The van der Waals surface area contributed by atoms with Crippen LogP contribution >= 0.6 is 15.9 Å². The van der Waals surface area contributed by atoms with Crippen LogP contribution in [0.25, 0.3) is 21.8 Å². The number of aromatic amines is 1. The van der Waals surface area contributed by atoms with Crippen molar-refractivity contribution in [1.29, 1.82) is 0 Å². The summed E-state index contributed by atoms with van der Waals surface area (Å²) in [5, 5.41) is 2.25. The van der Waals surface area contributed by atoms with Crippen LogP contribution in [-0.2, 0) is 10.0 Å². The van der Waals surface area contributed by atoms with Crippen molar-refractivity contribution in [3.05, 3.63) is 100 Å². The largest absolute Gasteiger partial charge is 0.361 e. The van der Waals surface area contributed by atoms with Gasteiger partial charge in [0.25, 0.3) is 10.0 Å². The summed E-state index contributed by atoms with van der Waals surface area (Å²) >= 11 is 3.46. The molecule has 0 saturated heterocycles. The SMILES string of the molecule is Cc1ccc(S(=O)(=O)n2cc(Br)c3c(C)cccc32)cc1.Cc1cccc2[nH]ccc12. The normalized spacial score (nSPS) is 11.5. The molecule has 2 heterocycles. The zero-order valence-electron chi connectivity index (χ0n) is 17.6. The second-order valence-electron chi connectivity index (χ2n) is 7.57. The average Bonchev–Trinajstić information content (AvgIpc) is 3.35. The molecule has 0 fully saturated rings. The summed E-state index contributed by atoms with van der Waals surface area (Å²) in [4.78, 5) is 3.45. The van der Waals surface area contributed by atoms with E-state index in [2.05, 4.69) is 52.1 Å². The van der Waals surface area contributed by atoms with Gasteiger partial charge in [-0.2, -0.15) is 0 Å². The van der Waals surface area contributed by atoms with Crippen molar-refractivity contribution in [2.45, 2.75) is 25.7 Å². The molecule has 4 nitrogen and oxygen atoms in total. The number of nitrogens with zero attached hydrogens (tertiary/aromatic N) is 1. The van der Waals surface area contributed by atoms with E-state index in [4.69, 9.17) is 0 Å². The van der Waals surface area contributed by atoms with E-state index < -0.39 is 10.0 Å². The van der Waals surface area contributed by atoms with Crippen LogP contribution in [0.1, 0.15) is 16.7 Å². The first kappa shape index (κ1) is 21.4. The van der Waals surface area contributed by atoms with E-state index in [-0.39, 0.29) is 0 Å². The maximum absolute atomic E-state index is 12.8. The Morgan fingerprint density at radius 1 is 0.839 bits per heavy atom. The lowest BCUT2D eigenvalue weighted by atomic mass is 10.1. The summed E-state index contributed by atoms with van der Waals surface area (Å²) in [6.07, 6.45) is 3.59. The molecule has 0 aliphatic carbocycles. The average molecular weight is 495 g/mol. The Morgan fingerprint density at radius 3 is 2.23 bits per heavy atom. The molecule has 5 rings (SSSR count). The molecular weight excluding hydrogens is 472 g/mol. The third-order valence-electron chi connectivity index (χ3n) is 5.35. The molecule has 3 aromatic carbocycles. The van der Waals surface area contributed by atoms with Crippen molar-refractivity contribution in [2.75, 3.05) is 0 Å². The van der Waals surface area contributed by atoms with Crippen molar-refractivity contribution in [1.82, 2.24) is 8.96 Å². The Morgan fingerprint density at radius 2 is 1.52 bits per heavy atom. The zero-order chi connectivity index (χ0) is 22.2. The second kappa shape index (κ2) is 8.36. The number of nitrogens with one attached hydrogen (secondary N) is 1. The van der Waals surface area contributed by atoms with Gasteiger partial charge in [0.1, 0.15) is 0 Å². The van der Waals surface area contributed by atoms with Gasteiger partial charge in [0.15, 0.2) is 0 Å². The Kier molecular flexibility index (Phi) is 5.77. The van der Waals surface area contributed by atoms with Gasteiger partial charge < -0.3 is 4.98 Å². The lowest BCUT2D eigenvalue weighted by molar-refractivity contribution is 0.589. The first-order valence-corrected chi connectivity index (χ1v) is 12.1. The molecule has 0 aliphatic rings. The number of rotatable bonds is 2. The van der Waals surface area contributed by atoms with Crippen molar-refractivity contribution in [3.8, 4) is 0 Å². The van der Waals surface area contributed by atoms with Crippen molar-refractivity contribution in [2.24, 2.45) is 0 Å². The topological polar surface area (TPSA) is 54.9 Å². The van der Waals surface area contributed by atoms with Crippen molar-refractivity contribution < 1.29 is 8.42 Å². The van der Waals surface area contributed by atoms with Gasteiger partial charge in [0.2, 0.25) is 0 Å². The predicted octanol–water partition coefficient (Wildman–Crippen LogP) is 6.73. The Balaban J connectivity index is 0.000000192. The number of hydrogen-bond acceptors (Lipinski definition) is 2. The molecule has 0 aliphatic heterocycles. The summed E-state index contributed by atoms with van der Waals surface area (Å²) < 4.78 is 27.8. The highest BCUT2D eigenvalue weighted by molar-refractivity contribution is 9.10. The van der Waals surface area contributed by atoms with Crippen LogP contribution in [-0.4, -0.2) is 17.4 Å². The number of hydrogen-bond donors (Lipinski definition) is 1. The maximum atomic E-state index is 12.8. The fourth-order valence-corrected chi connectivity index (χ4v) is 5.87. The first-order chi connectivity index (χ1) is 14.8. The van der Waals surface area contributed by atoms with Crippen LogP contribution in [0.5, 0.6) is 0 Å². The van der Waals surface area contributed by atoms with Gasteiger partial charge in [-0.15, -0.1) is 0 Å². The van der Waals surface area contributed by atoms with Crippen LogP contribution in [0.3, 0.4) is 0 Å². The van der Waals surface area contributed by atoms with Gasteiger partial charge >= 0.3 is 0 Å². The molecule has 2 aromatic heterocycles. The molecular formula is C25H23BrN2O2S. The minimum Gasteiger partial charge on any atom is -0.361 e. The van der Waals surface area contributed by atoms with E-state index in [0.29, 0.717) is 10.4 Å². The van der Waals surface area contributed by atoms with E-state index in [9.17, 15) is 8.42 Å².